The minimum atomic E-state index is -0.529. The molecule has 7 heteroatoms. The van der Waals surface area contributed by atoms with Crippen molar-refractivity contribution >= 4 is 22.9 Å². The molecule has 2 aromatic carbocycles. The maximum absolute atomic E-state index is 12.4. The molecule has 0 radical (unpaired) electrons. The first-order chi connectivity index (χ1) is 15.1. The zero-order chi connectivity index (χ0) is 21.6. The molecule has 7 nitrogen and oxygen atoms in total. The fourth-order valence-corrected chi connectivity index (χ4v) is 3.93. The van der Waals surface area contributed by atoms with E-state index in [2.05, 4.69) is 15.3 Å². The summed E-state index contributed by atoms with van der Waals surface area (Å²) in [5.74, 6) is 0.696. The maximum atomic E-state index is 12.4. The van der Waals surface area contributed by atoms with Gasteiger partial charge in [-0.3, -0.25) is 4.79 Å². The summed E-state index contributed by atoms with van der Waals surface area (Å²) in [7, 11) is 1.62. The van der Waals surface area contributed by atoms with Gasteiger partial charge in [0.25, 0.3) is 5.91 Å². The van der Waals surface area contributed by atoms with Gasteiger partial charge in [0, 0.05) is 11.6 Å². The van der Waals surface area contributed by atoms with Crippen LogP contribution >= 0.6 is 0 Å². The Labute approximate surface area is 181 Å². The van der Waals surface area contributed by atoms with E-state index in [9.17, 15) is 9.59 Å². The molecule has 0 aliphatic heterocycles. The Bertz CT molecular complexity index is 1050. The Hall–Kier alpha value is -3.35. The molecule has 3 aromatic rings. The molecule has 1 amide bonds. The SMILES string of the molecule is COc1ccc(-c2nc3ccc(C(=O)OCC(=O)NC4CCCCCC4)cc3[nH]2)cc1. The highest BCUT2D eigenvalue weighted by Crippen LogP contribution is 2.23. The highest BCUT2D eigenvalue weighted by molar-refractivity contribution is 5.95. The molecule has 1 aliphatic rings. The van der Waals surface area contributed by atoms with Crippen LogP contribution in [-0.2, 0) is 9.53 Å². The second-order valence-electron chi connectivity index (χ2n) is 7.88. The third-order valence-electron chi connectivity index (χ3n) is 5.64. The lowest BCUT2D eigenvalue weighted by Crippen LogP contribution is -2.37. The van der Waals surface area contributed by atoms with E-state index in [1.165, 1.54) is 12.8 Å². The first-order valence-corrected chi connectivity index (χ1v) is 10.7. The van der Waals surface area contributed by atoms with Gasteiger partial charge in [-0.1, -0.05) is 25.7 Å². The van der Waals surface area contributed by atoms with Gasteiger partial charge < -0.3 is 19.8 Å². The standard InChI is InChI=1S/C24H27N3O4/c1-30-19-11-8-16(9-12-19)23-26-20-13-10-17(14-21(20)27-23)24(29)31-15-22(28)25-18-6-4-2-3-5-7-18/h8-14,18H,2-7,15H2,1H3,(H,25,28)(H,26,27). The van der Waals surface area contributed by atoms with Crippen LogP contribution < -0.4 is 10.1 Å². The second kappa shape index (κ2) is 9.64. The molecule has 0 unspecified atom stereocenters. The van der Waals surface area contributed by atoms with Crippen LogP contribution in [0.25, 0.3) is 22.4 Å². The van der Waals surface area contributed by atoms with E-state index in [0.29, 0.717) is 11.4 Å². The molecule has 1 aliphatic carbocycles. The summed E-state index contributed by atoms with van der Waals surface area (Å²) in [6.45, 7) is -0.270. The van der Waals surface area contributed by atoms with Crippen molar-refractivity contribution in [2.45, 2.75) is 44.6 Å². The van der Waals surface area contributed by atoms with Crippen molar-refractivity contribution in [2.24, 2.45) is 0 Å². The van der Waals surface area contributed by atoms with Gasteiger partial charge in [0.05, 0.1) is 23.7 Å². The molecule has 1 fully saturated rings. The number of H-pyrrole nitrogens is 1. The number of nitrogens with one attached hydrogen (secondary N) is 2. The van der Waals surface area contributed by atoms with Gasteiger partial charge in [-0.2, -0.15) is 0 Å². The van der Waals surface area contributed by atoms with Gasteiger partial charge in [-0.05, 0) is 55.3 Å². The predicted molar refractivity (Wildman–Crippen MR) is 118 cm³/mol. The Balaban J connectivity index is 1.38. The first kappa shape index (κ1) is 20.9. The highest BCUT2D eigenvalue weighted by atomic mass is 16.5. The zero-order valence-corrected chi connectivity index (χ0v) is 17.6. The number of hydrogen-bond donors (Lipinski definition) is 2. The number of amides is 1. The summed E-state index contributed by atoms with van der Waals surface area (Å²) >= 11 is 0. The van der Waals surface area contributed by atoms with Crippen molar-refractivity contribution in [2.75, 3.05) is 13.7 Å². The molecule has 1 saturated carbocycles. The van der Waals surface area contributed by atoms with Crippen LogP contribution in [0.2, 0.25) is 0 Å². The van der Waals surface area contributed by atoms with E-state index in [1.807, 2.05) is 24.3 Å². The lowest BCUT2D eigenvalue weighted by Gasteiger charge is -2.16. The summed E-state index contributed by atoms with van der Waals surface area (Å²) in [6, 6.07) is 12.9. The van der Waals surface area contributed by atoms with E-state index in [1.54, 1.807) is 25.3 Å². The highest BCUT2D eigenvalue weighted by Gasteiger charge is 2.17. The largest absolute Gasteiger partial charge is 0.497 e. The molecular weight excluding hydrogens is 394 g/mol. The normalized spacial score (nSPS) is 14.7. The van der Waals surface area contributed by atoms with E-state index < -0.39 is 5.97 Å². The minimum absolute atomic E-state index is 0.187. The van der Waals surface area contributed by atoms with Crippen LogP contribution in [0, 0.1) is 0 Å². The zero-order valence-electron chi connectivity index (χ0n) is 17.6. The average Bonchev–Trinajstić information content (AvgIpc) is 3.06. The third kappa shape index (κ3) is 5.23. The van der Waals surface area contributed by atoms with E-state index in [-0.39, 0.29) is 18.6 Å². The van der Waals surface area contributed by atoms with Crippen molar-refractivity contribution in [3.63, 3.8) is 0 Å². The fraction of sp³-hybridized carbons (Fsp3) is 0.375. The van der Waals surface area contributed by atoms with Gasteiger partial charge >= 0.3 is 5.97 Å². The summed E-state index contributed by atoms with van der Waals surface area (Å²) < 4.78 is 10.4. The second-order valence-corrected chi connectivity index (χ2v) is 7.88. The third-order valence-corrected chi connectivity index (χ3v) is 5.64. The van der Waals surface area contributed by atoms with Gasteiger partial charge in [0.2, 0.25) is 0 Å². The Kier molecular flexibility index (Phi) is 6.50. The van der Waals surface area contributed by atoms with Crippen LogP contribution in [0.3, 0.4) is 0 Å². The van der Waals surface area contributed by atoms with E-state index in [0.717, 1.165) is 48.0 Å². The molecular formula is C24H27N3O4. The Morgan fingerprint density at radius 1 is 1.06 bits per heavy atom. The number of carbonyl (C=O) groups is 2. The lowest BCUT2D eigenvalue weighted by atomic mass is 10.1. The molecule has 0 atom stereocenters. The van der Waals surface area contributed by atoms with Crippen molar-refractivity contribution in [1.82, 2.24) is 15.3 Å². The molecule has 4 rings (SSSR count). The summed E-state index contributed by atoms with van der Waals surface area (Å²) in [5.41, 5.74) is 2.76. The van der Waals surface area contributed by atoms with Gasteiger partial charge in [0.1, 0.15) is 11.6 Å². The molecule has 0 bridgehead atoms. The van der Waals surface area contributed by atoms with Crippen LogP contribution in [0.4, 0.5) is 0 Å². The van der Waals surface area contributed by atoms with Crippen LogP contribution in [0.5, 0.6) is 5.75 Å². The lowest BCUT2D eigenvalue weighted by molar-refractivity contribution is -0.125. The van der Waals surface area contributed by atoms with Gasteiger partial charge in [-0.15, -0.1) is 0 Å². The number of aromatic nitrogens is 2. The number of nitrogens with zero attached hydrogens (tertiary/aromatic N) is 1. The molecule has 162 valence electrons. The van der Waals surface area contributed by atoms with Crippen molar-refractivity contribution in [3.05, 3.63) is 48.0 Å². The number of benzene rings is 2. The first-order valence-electron chi connectivity index (χ1n) is 10.7. The van der Waals surface area contributed by atoms with Crippen LogP contribution in [0.15, 0.2) is 42.5 Å². The minimum Gasteiger partial charge on any atom is -0.497 e. The van der Waals surface area contributed by atoms with Crippen LogP contribution in [0.1, 0.15) is 48.9 Å². The van der Waals surface area contributed by atoms with Crippen molar-refractivity contribution < 1.29 is 19.1 Å². The molecule has 1 aromatic heterocycles. The van der Waals surface area contributed by atoms with Crippen LogP contribution in [-0.4, -0.2) is 41.6 Å². The fourth-order valence-electron chi connectivity index (χ4n) is 3.93. The predicted octanol–water partition coefficient (Wildman–Crippen LogP) is 4.23. The van der Waals surface area contributed by atoms with Gasteiger partial charge in [-0.25, -0.2) is 9.78 Å². The number of methoxy groups -OCH3 is 1. The summed E-state index contributed by atoms with van der Waals surface area (Å²) in [6.07, 6.45) is 6.69. The van der Waals surface area contributed by atoms with E-state index in [4.69, 9.17) is 9.47 Å². The van der Waals surface area contributed by atoms with E-state index >= 15 is 0 Å². The monoisotopic (exact) mass is 421 g/mol. The number of rotatable bonds is 6. The number of fused-ring (bicyclic) bond motifs is 1. The number of aromatic amines is 1. The number of ether oxygens (including phenoxy) is 2. The number of esters is 1. The van der Waals surface area contributed by atoms with Gasteiger partial charge in [0.15, 0.2) is 6.61 Å². The maximum Gasteiger partial charge on any atom is 0.338 e. The molecule has 0 spiro atoms. The Morgan fingerprint density at radius 3 is 2.52 bits per heavy atom. The molecule has 31 heavy (non-hydrogen) atoms. The molecule has 1 heterocycles. The number of hydrogen-bond acceptors (Lipinski definition) is 5. The van der Waals surface area contributed by atoms with Crippen molar-refractivity contribution in [3.8, 4) is 17.1 Å². The number of imidazole rings is 1. The smallest absolute Gasteiger partial charge is 0.338 e. The van der Waals surface area contributed by atoms with Crippen molar-refractivity contribution in [1.29, 1.82) is 0 Å². The summed E-state index contributed by atoms with van der Waals surface area (Å²) in [4.78, 5) is 32.4. The number of carbonyl (C=O) groups excluding carboxylic acids is 2. The Morgan fingerprint density at radius 2 is 1.81 bits per heavy atom. The summed E-state index contributed by atoms with van der Waals surface area (Å²) in [5, 5.41) is 2.98. The molecule has 2 N–H and O–H groups in total. The topological polar surface area (TPSA) is 93.3 Å². The quantitative estimate of drug-likeness (QED) is 0.459. The molecule has 0 saturated heterocycles. The average molecular weight is 421 g/mol.